The largest absolute Gasteiger partial charge is 0.330 e. The van der Waals surface area contributed by atoms with E-state index in [1.807, 2.05) is 41.4 Å². The van der Waals surface area contributed by atoms with Crippen LogP contribution >= 0.6 is 11.8 Å². The van der Waals surface area contributed by atoms with Crippen molar-refractivity contribution in [1.29, 1.82) is 0 Å². The number of hydrogen-bond donors (Lipinski definition) is 1. The second-order valence-electron chi connectivity index (χ2n) is 11.0. The van der Waals surface area contributed by atoms with Gasteiger partial charge < -0.3 is 10.2 Å². The highest BCUT2D eigenvalue weighted by molar-refractivity contribution is 7.98. The van der Waals surface area contributed by atoms with Crippen LogP contribution in [0.2, 0.25) is 0 Å². The number of rotatable bonds is 6. The number of likely N-dealkylation sites (tertiary alicyclic amines) is 1. The third kappa shape index (κ3) is 4.26. The monoisotopic (exact) mass is 475 g/mol. The van der Waals surface area contributed by atoms with Crippen LogP contribution in [0.4, 0.5) is 5.69 Å². The molecule has 1 N–H and O–H groups in total. The van der Waals surface area contributed by atoms with Gasteiger partial charge in [0.15, 0.2) is 0 Å². The Bertz CT molecular complexity index is 1020. The summed E-state index contributed by atoms with van der Waals surface area (Å²) in [5.74, 6) is 3.32. The fourth-order valence-corrected chi connectivity index (χ4v) is 8.30. The summed E-state index contributed by atoms with van der Waals surface area (Å²) >= 11 is 1.75. The number of nitrogens with one attached hydrogen (secondary N) is 1. The molecule has 1 aliphatic heterocycles. The fraction of sp³-hybridized carbons (Fsp3) is 0.536. The maximum atomic E-state index is 13.8. The highest BCUT2D eigenvalue weighted by atomic mass is 32.2. The average Bonchev–Trinajstić information content (AvgIpc) is 3.33. The van der Waals surface area contributed by atoms with Crippen molar-refractivity contribution < 1.29 is 9.59 Å². The first kappa shape index (κ1) is 22.1. The van der Waals surface area contributed by atoms with E-state index >= 15 is 0 Å². The number of amides is 2. The molecule has 4 saturated carbocycles. The molecule has 6 heteroatoms. The molecular weight excluding hydrogens is 442 g/mol. The predicted molar refractivity (Wildman–Crippen MR) is 134 cm³/mol. The normalized spacial score (nSPS) is 31.6. The minimum absolute atomic E-state index is 0.0358. The zero-order valence-corrected chi connectivity index (χ0v) is 20.4. The predicted octanol–water partition coefficient (Wildman–Crippen LogP) is 5.52. The smallest absolute Gasteiger partial charge is 0.247 e. The minimum Gasteiger partial charge on any atom is -0.330 e. The molecule has 5 nitrogen and oxygen atoms in total. The summed E-state index contributed by atoms with van der Waals surface area (Å²) in [5, 5.41) is 3.09. The number of pyridine rings is 1. The van der Waals surface area contributed by atoms with Crippen LogP contribution in [0.5, 0.6) is 0 Å². The first-order valence-corrected chi connectivity index (χ1v) is 13.8. The number of carbonyl (C=O) groups excluding carboxylic acids is 2. The molecule has 1 atom stereocenters. The highest BCUT2D eigenvalue weighted by Gasteiger charge is 2.56. The van der Waals surface area contributed by atoms with Gasteiger partial charge in [-0.2, -0.15) is 0 Å². The van der Waals surface area contributed by atoms with Gasteiger partial charge >= 0.3 is 0 Å². The molecule has 178 valence electrons. The van der Waals surface area contributed by atoms with E-state index in [1.54, 1.807) is 18.0 Å². The molecular formula is C28H33N3O2S. The Morgan fingerprint density at radius 2 is 1.74 bits per heavy atom. The van der Waals surface area contributed by atoms with E-state index in [9.17, 15) is 9.59 Å². The summed E-state index contributed by atoms with van der Waals surface area (Å²) in [6.07, 6.45) is 12.5. The van der Waals surface area contributed by atoms with Gasteiger partial charge in [-0.3, -0.25) is 14.6 Å². The van der Waals surface area contributed by atoms with E-state index in [0.717, 1.165) is 72.7 Å². The molecule has 1 unspecified atom stereocenters. The van der Waals surface area contributed by atoms with E-state index in [4.69, 9.17) is 0 Å². The Morgan fingerprint density at radius 3 is 2.38 bits per heavy atom. The molecule has 34 heavy (non-hydrogen) atoms. The zero-order valence-electron chi connectivity index (χ0n) is 19.6. The van der Waals surface area contributed by atoms with E-state index in [-0.39, 0.29) is 23.3 Å². The van der Waals surface area contributed by atoms with Crippen LogP contribution in [-0.4, -0.2) is 34.3 Å². The molecule has 0 radical (unpaired) electrons. The van der Waals surface area contributed by atoms with Crippen molar-refractivity contribution in [3.8, 4) is 0 Å². The Hall–Kier alpha value is -2.34. The second kappa shape index (κ2) is 9.03. The first-order chi connectivity index (χ1) is 16.6. The molecule has 1 saturated heterocycles. The third-order valence-electron chi connectivity index (χ3n) is 8.56. The van der Waals surface area contributed by atoms with Crippen molar-refractivity contribution in [3.05, 3.63) is 54.4 Å². The first-order valence-electron chi connectivity index (χ1n) is 12.8. The summed E-state index contributed by atoms with van der Waals surface area (Å²) in [5.41, 5.74) is 1.81. The Kier molecular flexibility index (Phi) is 5.88. The van der Waals surface area contributed by atoms with Gasteiger partial charge in [0.2, 0.25) is 11.8 Å². The van der Waals surface area contributed by atoms with E-state index in [0.29, 0.717) is 0 Å². The van der Waals surface area contributed by atoms with Gasteiger partial charge in [0, 0.05) is 35.3 Å². The van der Waals surface area contributed by atoms with Crippen LogP contribution in [0.15, 0.2) is 53.7 Å². The standard InChI is InChI=1S/C28H33N3O2S/c32-26(30-23-5-7-24(8-6-23)34-18-19-3-1-9-29-17-19)25-4-2-10-31(25)27(33)28-14-20-11-21(15-28)13-22(12-20)16-28/h1,3,5-9,17,20-22,25H,2,4,10-16,18H2,(H,30,32). The molecule has 2 amide bonds. The highest BCUT2D eigenvalue weighted by Crippen LogP contribution is 2.60. The number of benzene rings is 1. The maximum Gasteiger partial charge on any atom is 0.247 e. The SMILES string of the molecule is O=C(Nc1ccc(SCc2cccnc2)cc1)C1CCCN1C(=O)C12CC3CC(CC(C3)C1)C2. The van der Waals surface area contributed by atoms with Gasteiger partial charge in [0.1, 0.15) is 6.04 Å². The summed E-state index contributed by atoms with van der Waals surface area (Å²) in [6, 6.07) is 11.7. The van der Waals surface area contributed by atoms with Crippen LogP contribution in [0.25, 0.3) is 0 Å². The number of hydrogen-bond acceptors (Lipinski definition) is 4. The minimum atomic E-state index is -0.333. The van der Waals surface area contributed by atoms with Gasteiger partial charge in [-0.25, -0.2) is 0 Å². The lowest BCUT2D eigenvalue weighted by molar-refractivity contribution is -0.160. The Balaban J connectivity index is 1.09. The molecule has 4 aliphatic carbocycles. The van der Waals surface area contributed by atoms with Crippen LogP contribution in [0.1, 0.15) is 56.9 Å². The van der Waals surface area contributed by atoms with Crippen molar-refractivity contribution in [3.63, 3.8) is 0 Å². The summed E-state index contributed by atoms with van der Waals surface area (Å²) in [7, 11) is 0. The van der Waals surface area contributed by atoms with Gasteiger partial charge in [0.25, 0.3) is 0 Å². The second-order valence-corrected chi connectivity index (χ2v) is 12.1. The topological polar surface area (TPSA) is 62.3 Å². The Labute approximate surface area is 206 Å². The quantitative estimate of drug-likeness (QED) is 0.559. The van der Waals surface area contributed by atoms with Crippen LogP contribution in [-0.2, 0) is 15.3 Å². The molecule has 2 heterocycles. The lowest BCUT2D eigenvalue weighted by Gasteiger charge is -2.56. The van der Waals surface area contributed by atoms with Crippen molar-refractivity contribution in [2.75, 3.05) is 11.9 Å². The van der Waals surface area contributed by atoms with Gasteiger partial charge in [-0.05, 0) is 105 Å². The zero-order chi connectivity index (χ0) is 23.1. The molecule has 5 aliphatic rings. The summed E-state index contributed by atoms with van der Waals surface area (Å²) in [4.78, 5) is 34.3. The number of anilines is 1. The number of aromatic nitrogens is 1. The number of nitrogens with zero attached hydrogens (tertiary/aromatic N) is 2. The number of thioether (sulfide) groups is 1. The molecule has 0 spiro atoms. The molecule has 1 aromatic heterocycles. The van der Waals surface area contributed by atoms with Crippen LogP contribution in [0, 0.1) is 23.2 Å². The van der Waals surface area contributed by atoms with Gasteiger partial charge in [-0.15, -0.1) is 11.8 Å². The average molecular weight is 476 g/mol. The van der Waals surface area contributed by atoms with Crippen LogP contribution in [0.3, 0.4) is 0 Å². The van der Waals surface area contributed by atoms with Crippen molar-refractivity contribution >= 4 is 29.3 Å². The van der Waals surface area contributed by atoms with E-state index < -0.39 is 0 Å². The molecule has 1 aromatic carbocycles. The molecule has 5 fully saturated rings. The molecule has 2 aromatic rings. The van der Waals surface area contributed by atoms with Gasteiger partial charge in [-0.1, -0.05) is 6.07 Å². The van der Waals surface area contributed by atoms with Crippen molar-refractivity contribution in [2.24, 2.45) is 23.2 Å². The van der Waals surface area contributed by atoms with E-state index in [2.05, 4.69) is 16.4 Å². The molecule has 7 rings (SSSR count). The summed E-state index contributed by atoms with van der Waals surface area (Å²) < 4.78 is 0. The van der Waals surface area contributed by atoms with Crippen LogP contribution < -0.4 is 5.32 Å². The molecule has 4 bridgehead atoms. The third-order valence-corrected chi connectivity index (χ3v) is 9.64. The number of carbonyl (C=O) groups is 2. The van der Waals surface area contributed by atoms with Gasteiger partial charge in [0.05, 0.1) is 5.41 Å². The van der Waals surface area contributed by atoms with Crippen molar-refractivity contribution in [1.82, 2.24) is 9.88 Å². The maximum absolute atomic E-state index is 13.8. The fourth-order valence-electron chi connectivity index (χ4n) is 7.47. The summed E-state index contributed by atoms with van der Waals surface area (Å²) in [6.45, 7) is 0.725. The van der Waals surface area contributed by atoms with Crippen molar-refractivity contribution in [2.45, 2.75) is 68.1 Å². The lowest BCUT2D eigenvalue weighted by atomic mass is 9.49. The lowest BCUT2D eigenvalue weighted by Crippen LogP contribution is -2.56. The van der Waals surface area contributed by atoms with E-state index in [1.165, 1.54) is 24.8 Å². The Morgan fingerprint density at radius 1 is 1.03 bits per heavy atom.